The van der Waals surface area contributed by atoms with Crippen LogP contribution in [0.1, 0.15) is 37.7 Å². The molecule has 4 N–H and O–H groups in total. The lowest BCUT2D eigenvalue weighted by Crippen LogP contribution is -2.58. The van der Waals surface area contributed by atoms with Crippen LogP contribution < -0.4 is 26.0 Å². The number of nitriles is 1. The number of carbonyl (C=O) groups excluding carboxylic acids is 2. The van der Waals surface area contributed by atoms with Gasteiger partial charge in [-0.2, -0.15) is 15.2 Å². The number of halogens is 4. The van der Waals surface area contributed by atoms with E-state index in [2.05, 4.69) is 20.5 Å². The average molecular weight is 697 g/mol. The van der Waals surface area contributed by atoms with Crippen molar-refractivity contribution >= 4 is 66.7 Å². The first-order valence-corrected chi connectivity index (χ1v) is 16.7. The Morgan fingerprint density at radius 1 is 1.21 bits per heavy atom. The van der Waals surface area contributed by atoms with Crippen LogP contribution >= 0.6 is 22.9 Å². The second-order valence-corrected chi connectivity index (χ2v) is 14.4. The minimum Gasteiger partial charge on any atom is -0.461 e. The van der Waals surface area contributed by atoms with Crippen LogP contribution in [0.15, 0.2) is 18.2 Å². The minimum atomic E-state index is -1.22. The van der Waals surface area contributed by atoms with E-state index in [4.69, 9.17) is 27.1 Å². The highest BCUT2D eigenvalue weighted by Crippen LogP contribution is 2.46. The molecule has 4 aliphatic heterocycles. The molecule has 6 heterocycles. The van der Waals surface area contributed by atoms with E-state index in [9.17, 15) is 23.6 Å². The molecule has 4 aliphatic rings. The highest BCUT2D eigenvalue weighted by atomic mass is 35.5. The number of piperidine rings is 1. The number of aromatic nitrogens is 2. The first kappa shape index (κ1) is 30.9. The van der Waals surface area contributed by atoms with E-state index in [0.29, 0.717) is 32.4 Å². The fourth-order valence-corrected chi connectivity index (χ4v) is 9.16. The summed E-state index contributed by atoms with van der Waals surface area (Å²) in [4.78, 5) is 38.0. The van der Waals surface area contributed by atoms with Gasteiger partial charge in [0, 0.05) is 35.8 Å². The second kappa shape index (κ2) is 11.1. The number of rotatable bonds is 5. The van der Waals surface area contributed by atoms with Crippen LogP contribution in [0.25, 0.3) is 32.1 Å². The first-order valence-electron chi connectivity index (χ1n) is 15.5. The molecule has 2 aromatic carbocycles. The Balaban J connectivity index is 1.29. The number of imide groups is 1. The summed E-state index contributed by atoms with van der Waals surface area (Å²) in [5, 5.41) is 15.3. The number of anilines is 2. The molecule has 2 aromatic heterocycles. The third-order valence-electron chi connectivity index (χ3n) is 10.1. The zero-order chi connectivity index (χ0) is 33.5. The van der Waals surface area contributed by atoms with Gasteiger partial charge in [-0.15, -0.1) is 11.3 Å². The van der Waals surface area contributed by atoms with Gasteiger partial charge in [0.15, 0.2) is 5.82 Å². The number of thiophene rings is 1. The molecule has 0 unspecified atom stereocenters. The van der Waals surface area contributed by atoms with Gasteiger partial charge in [0.2, 0.25) is 0 Å². The summed E-state index contributed by atoms with van der Waals surface area (Å²) in [5.74, 6) is -1.72. The van der Waals surface area contributed by atoms with Crippen molar-refractivity contribution in [2.24, 2.45) is 0 Å². The van der Waals surface area contributed by atoms with Crippen molar-refractivity contribution in [1.29, 1.82) is 5.26 Å². The fourth-order valence-electron chi connectivity index (χ4n) is 7.92. The molecule has 0 saturated carbocycles. The Morgan fingerprint density at radius 3 is 2.79 bits per heavy atom. The van der Waals surface area contributed by atoms with Crippen LogP contribution in [0.3, 0.4) is 0 Å². The number of carbonyl (C=O) groups is 2. The summed E-state index contributed by atoms with van der Waals surface area (Å²) in [7, 11) is 0. The Kier molecular flexibility index (Phi) is 7.13. The molecule has 3 amide bonds. The van der Waals surface area contributed by atoms with Crippen LogP contribution in [0.5, 0.6) is 6.01 Å². The van der Waals surface area contributed by atoms with Gasteiger partial charge in [-0.3, -0.25) is 15.0 Å². The smallest absolute Gasteiger partial charge is 0.322 e. The average Bonchev–Trinajstić information content (AvgIpc) is 3.76. The van der Waals surface area contributed by atoms with Crippen molar-refractivity contribution in [3.05, 3.63) is 40.4 Å². The third kappa shape index (κ3) is 4.64. The molecular weight excluding hydrogens is 669 g/mol. The molecule has 0 radical (unpaired) electrons. The Hall–Kier alpha value is -4.39. The van der Waals surface area contributed by atoms with Crippen molar-refractivity contribution in [3.8, 4) is 23.2 Å². The largest absolute Gasteiger partial charge is 0.461 e. The highest BCUT2D eigenvalue weighted by Gasteiger charge is 2.50. The molecule has 11 nitrogen and oxygen atoms in total. The maximum absolute atomic E-state index is 17.0. The summed E-state index contributed by atoms with van der Waals surface area (Å²) in [6.45, 7) is 1.60. The van der Waals surface area contributed by atoms with Crippen LogP contribution in [0, 0.1) is 23.0 Å². The molecule has 48 heavy (non-hydrogen) atoms. The van der Waals surface area contributed by atoms with E-state index < -0.39 is 40.8 Å². The van der Waals surface area contributed by atoms with E-state index in [-0.39, 0.29) is 72.7 Å². The maximum atomic E-state index is 17.0. The molecular formula is C32H28ClF3N8O3S. The van der Waals surface area contributed by atoms with Crippen molar-refractivity contribution < 1.29 is 27.5 Å². The van der Waals surface area contributed by atoms with E-state index in [1.165, 1.54) is 12.1 Å². The summed E-state index contributed by atoms with van der Waals surface area (Å²) < 4.78 is 52.7. The third-order valence-corrected chi connectivity index (χ3v) is 11.4. The van der Waals surface area contributed by atoms with Gasteiger partial charge in [0.1, 0.15) is 46.5 Å². The van der Waals surface area contributed by atoms with Crippen molar-refractivity contribution in [3.63, 3.8) is 0 Å². The van der Waals surface area contributed by atoms with E-state index >= 15 is 4.39 Å². The number of benzene rings is 2. The van der Waals surface area contributed by atoms with E-state index in [0.717, 1.165) is 36.8 Å². The number of hydrogen-bond acceptors (Lipinski definition) is 10. The van der Waals surface area contributed by atoms with Gasteiger partial charge < -0.3 is 20.7 Å². The molecule has 16 heteroatoms. The minimum absolute atomic E-state index is 0.00562. The summed E-state index contributed by atoms with van der Waals surface area (Å²) in [5.41, 5.74) is 4.18. The molecule has 4 fully saturated rings. The lowest BCUT2D eigenvalue weighted by molar-refractivity contribution is -0.124. The predicted octanol–water partition coefficient (Wildman–Crippen LogP) is 5.03. The summed E-state index contributed by atoms with van der Waals surface area (Å²) in [6, 6.07) is 5.23. The number of ether oxygens (including phenoxy) is 1. The fraction of sp³-hybridized carbons (Fsp3) is 0.406. The van der Waals surface area contributed by atoms with Gasteiger partial charge in [-0.1, -0.05) is 17.7 Å². The van der Waals surface area contributed by atoms with Crippen LogP contribution in [0.4, 0.5) is 28.8 Å². The quantitative estimate of drug-likeness (QED) is 0.244. The van der Waals surface area contributed by atoms with E-state index in [1.54, 1.807) is 4.90 Å². The van der Waals surface area contributed by atoms with Crippen molar-refractivity contribution in [1.82, 2.24) is 25.5 Å². The number of nitrogens with one attached hydrogen (secondary N) is 2. The van der Waals surface area contributed by atoms with Crippen molar-refractivity contribution in [2.75, 3.05) is 43.4 Å². The van der Waals surface area contributed by atoms with Gasteiger partial charge in [-0.05, 0) is 49.9 Å². The second-order valence-electron chi connectivity index (χ2n) is 12.9. The number of nitrogens with zero attached hydrogens (tertiary/aromatic N) is 5. The predicted molar refractivity (Wildman–Crippen MR) is 174 cm³/mol. The number of nitrogen functional groups attached to an aromatic ring is 1. The Morgan fingerprint density at radius 2 is 2.02 bits per heavy atom. The molecule has 248 valence electrons. The molecule has 4 aromatic rings. The number of alkyl halides is 1. The zero-order valence-corrected chi connectivity index (χ0v) is 26.9. The summed E-state index contributed by atoms with van der Waals surface area (Å²) >= 11 is 7.69. The molecule has 0 bridgehead atoms. The molecule has 8 rings (SSSR count). The van der Waals surface area contributed by atoms with Gasteiger partial charge in [-0.25, -0.2) is 18.0 Å². The lowest BCUT2D eigenvalue weighted by Gasteiger charge is -2.39. The van der Waals surface area contributed by atoms with Crippen LogP contribution in [0.2, 0.25) is 5.02 Å². The lowest BCUT2D eigenvalue weighted by atomic mass is 9.89. The Bertz CT molecular complexity index is 2110. The van der Waals surface area contributed by atoms with Crippen LogP contribution in [-0.2, 0) is 4.79 Å². The highest BCUT2D eigenvalue weighted by molar-refractivity contribution is 7.23. The van der Waals surface area contributed by atoms with Crippen molar-refractivity contribution in [2.45, 2.75) is 49.4 Å². The zero-order valence-electron chi connectivity index (χ0n) is 25.3. The maximum Gasteiger partial charge on any atom is 0.322 e. The Labute approximate surface area is 280 Å². The van der Waals surface area contributed by atoms with Gasteiger partial charge >= 0.3 is 12.0 Å². The number of nitrogens with two attached hydrogens (primary N) is 1. The first-order chi connectivity index (χ1) is 23.0. The number of amides is 3. The number of fused-ring (bicyclic) bond motifs is 3. The SMILES string of the molecule is N#Cc1c(N)sc2c(F)ccc(-c3c(Cl)cc4c(N5CCC[C@]6(C5)NC(=O)NC6=O)nc(OC[C@@]56CCCN5C[C@H](F)C6)nc4c3F)c12. The number of hydrogen-bond donors (Lipinski definition) is 3. The summed E-state index contributed by atoms with van der Waals surface area (Å²) in [6.07, 6.45) is 1.83. The monoisotopic (exact) mass is 696 g/mol. The molecule has 0 aliphatic carbocycles. The molecule has 1 spiro atoms. The van der Waals surface area contributed by atoms with E-state index in [1.807, 2.05) is 6.07 Å². The van der Waals surface area contributed by atoms with Gasteiger partial charge in [0.05, 0.1) is 27.4 Å². The number of urea groups is 1. The molecule has 4 saturated heterocycles. The topological polar surface area (TPSA) is 150 Å². The van der Waals surface area contributed by atoms with Crippen LogP contribution in [-0.4, -0.2) is 76.8 Å². The normalized spacial score (nSPS) is 25.6. The van der Waals surface area contributed by atoms with Gasteiger partial charge in [0.25, 0.3) is 5.91 Å². The standard InChI is InChI=1S/C32H28ClF3N8O3S/c33-19-9-17-24(23(36)22(19)16-3-4-20(35)25-21(16)18(11-37)26(38)48-25)39-30(47-14-31-5-1-8-44(31)12-15(34)10-31)40-27(17)43-7-2-6-32(13-43)28(45)41-29(46)42-32/h3-4,9,15H,1-2,5-8,10,12-14,38H2,(H2,41,42,45,46)/t15-,31+,32-/m1/s1. The molecule has 3 atom stereocenters.